The van der Waals surface area contributed by atoms with E-state index in [-0.39, 0.29) is 11.9 Å². The van der Waals surface area contributed by atoms with Gasteiger partial charge in [0.2, 0.25) is 5.91 Å². The normalized spacial score (nSPS) is 13.7. The average molecular weight is 266 g/mol. The number of nitrogens with one attached hydrogen (secondary N) is 1. The van der Waals surface area contributed by atoms with Crippen LogP contribution in [0.25, 0.3) is 0 Å². The van der Waals surface area contributed by atoms with Crippen LogP contribution in [-0.2, 0) is 9.53 Å². The van der Waals surface area contributed by atoms with E-state index in [0.717, 1.165) is 11.3 Å². The summed E-state index contributed by atoms with van der Waals surface area (Å²) in [4.78, 5) is 11.9. The molecule has 0 saturated carbocycles. The second-order valence-corrected chi connectivity index (χ2v) is 4.39. The Hall–Kier alpha value is -1.59. The molecule has 0 radical (unpaired) electrons. The van der Waals surface area contributed by atoms with Crippen molar-refractivity contribution in [3.63, 3.8) is 0 Å². The lowest BCUT2D eigenvalue weighted by Gasteiger charge is -2.18. The van der Waals surface area contributed by atoms with Crippen molar-refractivity contribution < 1.29 is 14.3 Å². The molecule has 19 heavy (non-hydrogen) atoms. The highest BCUT2D eigenvalue weighted by Gasteiger charge is 2.16. The summed E-state index contributed by atoms with van der Waals surface area (Å²) in [7, 11) is 3.20. The lowest BCUT2D eigenvalue weighted by atomic mass is 10.1. The molecule has 0 saturated heterocycles. The minimum absolute atomic E-state index is 0.115. The van der Waals surface area contributed by atoms with Gasteiger partial charge in [-0.25, -0.2) is 0 Å². The topological polar surface area (TPSA) is 73.6 Å². The van der Waals surface area contributed by atoms with Crippen molar-refractivity contribution in [2.45, 2.75) is 25.4 Å². The Labute approximate surface area is 114 Å². The molecule has 106 valence electrons. The predicted octanol–water partition coefficient (Wildman–Crippen LogP) is 1.24. The number of carbonyl (C=O) groups is 1. The van der Waals surface area contributed by atoms with E-state index in [1.807, 2.05) is 31.2 Å². The first-order valence-corrected chi connectivity index (χ1v) is 6.27. The smallest absolute Gasteiger partial charge is 0.237 e. The lowest BCUT2D eigenvalue weighted by molar-refractivity contribution is -0.123. The van der Waals surface area contributed by atoms with Gasteiger partial charge in [-0.1, -0.05) is 12.1 Å². The van der Waals surface area contributed by atoms with E-state index in [0.29, 0.717) is 13.0 Å². The van der Waals surface area contributed by atoms with Crippen LogP contribution in [0.15, 0.2) is 24.3 Å². The average Bonchev–Trinajstić information content (AvgIpc) is 2.44. The third kappa shape index (κ3) is 4.89. The van der Waals surface area contributed by atoms with Gasteiger partial charge in [-0.05, 0) is 31.0 Å². The van der Waals surface area contributed by atoms with Crippen LogP contribution in [0, 0.1) is 0 Å². The van der Waals surface area contributed by atoms with Gasteiger partial charge in [0, 0.05) is 13.7 Å². The summed E-state index contributed by atoms with van der Waals surface area (Å²) in [6.45, 7) is 2.39. The highest BCUT2D eigenvalue weighted by Crippen LogP contribution is 2.18. The van der Waals surface area contributed by atoms with Crippen LogP contribution in [0.1, 0.15) is 24.9 Å². The molecule has 3 N–H and O–H groups in total. The summed E-state index contributed by atoms with van der Waals surface area (Å²) in [5.41, 5.74) is 6.75. The van der Waals surface area contributed by atoms with E-state index in [4.69, 9.17) is 15.2 Å². The Bertz CT molecular complexity index is 409. The molecule has 0 aliphatic heterocycles. The van der Waals surface area contributed by atoms with E-state index in [1.165, 1.54) is 0 Å². The molecule has 0 aliphatic carbocycles. The maximum Gasteiger partial charge on any atom is 0.237 e. The number of hydrogen-bond donors (Lipinski definition) is 2. The molecule has 0 aliphatic rings. The molecule has 1 rings (SSSR count). The highest BCUT2D eigenvalue weighted by molar-refractivity contribution is 5.81. The first kappa shape index (κ1) is 15.5. The van der Waals surface area contributed by atoms with Crippen molar-refractivity contribution >= 4 is 5.91 Å². The van der Waals surface area contributed by atoms with Crippen molar-refractivity contribution in [2.24, 2.45) is 5.73 Å². The number of carbonyl (C=O) groups excluding carboxylic acids is 1. The maximum atomic E-state index is 11.9. The summed E-state index contributed by atoms with van der Waals surface area (Å²) in [6.07, 6.45) is 0.507. The van der Waals surface area contributed by atoms with Crippen molar-refractivity contribution in [3.8, 4) is 5.75 Å². The molecule has 2 atom stereocenters. The number of methoxy groups -OCH3 is 2. The Morgan fingerprint density at radius 2 is 2.16 bits per heavy atom. The third-order valence-corrected chi connectivity index (χ3v) is 2.92. The van der Waals surface area contributed by atoms with Crippen LogP contribution < -0.4 is 15.8 Å². The van der Waals surface area contributed by atoms with Gasteiger partial charge in [0.15, 0.2) is 0 Å². The van der Waals surface area contributed by atoms with Crippen LogP contribution in [-0.4, -0.2) is 32.8 Å². The lowest BCUT2D eigenvalue weighted by Crippen LogP contribution is -2.42. The van der Waals surface area contributed by atoms with Crippen LogP contribution >= 0.6 is 0 Å². The van der Waals surface area contributed by atoms with Crippen LogP contribution in [0.4, 0.5) is 0 Å². The summed E-state index contributed by atoms with van der Waals surface area (Å²) < 4.78 is 10.1. The Kier molecular flexibility index (Phi) is 6.32. The zero-order chi connectivity index (χ0) is 14.3. The van der Waals surface area contributed by atoms with Crippen LogP contribution in [0.5, 0.6) is 5.75 Å². The molecule has 1 aromatic rings. The standard InChI is InChI=1S/C14H22N2O3/c1-10(11-5-4-6-12(9-11)19-3)16-14(17)13(15)7-8-18-2/h4-6,9-10,13H,7-8,15H2,1-3H3,(H,16,17)/t10-,13?/m0/s1. The molecule has 0 aromatic heterocycles. The molecule has 0 heterocycles. The Morgan fingerprint density at radius 3 is 2.79 bits per heavy atom. The van der Waals surface area contributed by atoms with Crippen molar-refractivity contribution in [3.05, 3.63) is 29.8 Å². The molecule has 0 bridgehead atoms. The first-order valence-electron chi connectivity index (χ1n) is 6.27. The van der Waals surface area contributed by atoms with Crippen molar-refractivity contribution in [2.75, 3.05) is 20.8 Å². The number of benzene rings is 1. The second kappa shape index (κ2) is 7.76. The zero-order valence-corrected chi connectivity index (χ0v) is 11.7. The van der Waals surface area contributed by atoms with Crippen LogP contribution in [0.2, 0.25) is 0 Å². The van der Waals surface area contributed by atoms with E-state index < -0.39 is 6.04 Å². The Balaban J connectivity index is 2.58. The fourth-order valence-electron chi connectivity index (χ4n) is 1.69. The minimum atomic E-state index is -0.548. The number of hydrogen-bond acceptors (Lipinski definition) is 4. The monoisotopic (exact) mass is 266 g/mol. The highest BCUT2D eigenvalue weighted by atomic mass is 16.5. The molecule has 5 heteroatoms. The molecular weight excluding hydrogens is 244 g/mol. The SMILES string of the molecule is COCCC(N)C(=O)N[C@@H](C)c1cccc(OC)c1. The molecular formula is C14H22N2O3. The number of nitrogens with two attached hydrogens (primary N) is 1. The van der Waals surface area contributed by atoms with E-state index in [9.17, 15) is 4.79 Å². The van der Waals surface area contributed by atoms with E-state index in [1.54, 1.807) is 14.2 Å². The maximum absolute atomic E-state index is 11.9. The molecule has 5 nitrogen and oxygen atoms in total. The van der Waals surface area contributed by atoms with Gasteiger partial charge in [0.1, 0.15) is 5.75 Å². The van der Waals surface area contributed by atoms with Gasteiger partial charge in [-0.3, -0.25) is 4.79 Å². The van der Waals surface area contributed by atoms with Gasteiger partial charge < -0.3 is 20.5 Å². The molecule has 0 spiro atoms. The second-order valence-electron chi connectivity index (χ2n) is 4.39. The molecule has 1 aromatic carbocycles. The van der Waals surface area contributed by atoms with Gasteiger partial charge in [-0.15, -0.1) is 0 Å². The number of ether oxygens (including phenoxy) is 2. The fourth-order valence-corrected chi connectivity index (χ4v) is 1.69. The largest absolute Gasteiger partial charge is 0.497 e. The number of amides is 1. The van der Waals surface area contributed by atoms with Gasteiger partial charge in [0.05, 0.1) is 19.2 Å². The van der Waals surface area contributed by atoms with Gasteiger partial charge in [0.25, 0.3) is 0 Å². The number of rotatable bonds is 7. The molecule has 1 amide bonds. The first-order chi connectivity index (χ1) is 9.08. The third-order valence-electron chi connectivity index (χ3n) is 2.92. The van der Waals surface area contributed by atoms with Gasteiger partial charge in [-0.2, -0.15) is 0 Å². The predicted molar refractivity (Wildman–Crippen MR) is 74.0 cm³/mol. The van der Waals surface area contributed by atoms with Crippen LogP contribution in [0.3, 0.4) is 0 Å². The summed E-state index contributed by atoms with van der Waals surface area (Å²) in [6, 6.07) is 6.92. The van der Waals surface area contributed by atoms with Crippen molar-refractivity contribution in [1.82, 2.24) is 5.32 Å². The van der Waals surface area contributed by atoms with Crippen molar-refractivity contribution in [1.29, 1.82) is 0 Å². The van der Waals surface area contributed by atoms with Gasteiger partial charge >= 0.3 is 0 Å². The molecule has 0 fully saturated rings. The Morgan fingerprint density at radius 1 is 1.42 bits per heavy atom. The molecule has 1 unspecified atom stereocenters. The zero-order valence-electron chi connectivity index (χ0n) is 11.7. The summed E-state index contributed by atoms with van der Waals surface area (Å²) in [5, 5.41) is 2.88. The quantitative estimate of drug-likeness (QED) is 0.778. The summed E-state index contributed by atoms with van der Waals surface area (Å²) >= 11 is 0. The summed E-state index contributed by atoms with van der Waals surface area (Å²) in [5.74, 6) is 0.592. The minimum Gasteiger partial charge on any atom is -0.497 e. The van der Waals surface area contributed by atoms with E-state index >= 15 is 0 Å². The fraction of sp³-hybridized carbons (Fsp3) is 0.500. The van der Waals surface area contributed by atoms with E-state index in [2.05, 4.69) is 5.32 Å².